The zero-order valence-corrected chi connectivity index (χ0v) is 20.6. The second-order valence-corrected chi connectivity index (χ2v) is 8.74. The van der Waals surface area contributed by atoms with E-state index in [2.05, 4.69) is 4.74 Å². The normalized spacial score (nSPS) is 20.5. The average Bonchev–Trinajstić information content (AvgIpc) is 3.65. The Labute approximate surface area is 205 Å². The van der Waals surface area contributed by atoms with Gasteiger partial charge in [-0.1, -0.05) is 53.5 Å². The van der Waals surface area contributed by atoms with Crippen LogP contribution in [0.3, 0.4) is 0 Å². The summed E-state index contributed by atoms with van der Waals surface area (Å²) in [6.07, 6.45) is 1.72. The van der Waals surface area contributed by atoms with Crippen molar-refractivity contribution in [2.75, 3.05) is 20.3 Å². The van der Waals surface area contributed by atoms with E-state index >= 15 is 0 Å². The van der Waals surface area contributed by atoms with Crippen LogP contribution >= 0.6 is 23.2 Å². The summed E-state index contributed by atoms with van der Waals surface area (Å²) >= 11 is 11.5. The number of carbonyl (C=O) groups is 2. The van der Waals surface area contributed by atoms with Crippen molar-refractivity contribution in [2.45, 2.75) is 44.9 Å². The molecule has 0 radical (unpaired) electrons. The van der Waals surface area contributed by atoms with Gasteiger partial charge >= 0.3 is 5.97 Å². The highest BCUT2D eigenvalue weighted by molar-refractivity contribution is 6.30. The minimum absolute atomic E-state index is 0.00716. The Morgan fingerprint density at radius 3 is 2.09 bits per heavy atom. The molecule has 1 saturated heterocycles. The summed E-state index contributed by atoms with van der Waals surface area (Å²) in [6, 6.07) is 16.7. The average molecular weight is 496 g/mol. The third-order valence-electron chi connectivity index (χ3n) is 5.43. The number of morpholine rings is 1. The summed E-state index contributed by atoms with van der Waals surface area (Å²) < 4.78 is 9.72. The van der Waals surface area contributed by atoms with Crippen molar-refractivity contribution >= 4 is 35.1 Å². The summed E-state index contributed by atoms with van der Waals surface area (Å²) in [6.45, 7) is 3.60. The van der Waals surface area contributed by atoms with Gasteiger partial charge in [0.1, 0.15) is 6.10 Å². The topological polar surface area (TPSA) is 76.1 Å². The van der Waals surface area contributed by atoms with Crippen LogP contribution in [0, 0.1) is 5.92 Å². The number of ether oxygens (including phenoxy) is 2. The van der Waals surface area contributed by atoms with Crippen LogP contribution in [0.2, 0.25) is 10.0 Å². The number of hydrogen-bond acceptors (Lipinski definition) is 5. The first-order valence-electron chi connectivity index (χ1n) is 10.8. The van der Waals surface area contributed by atoms with Crippen LogP contribution in [0.15, 0.2) is 54.6 Å². The minimum atomic E-state index is -0.443. The van der Waals surface area contributed by atoms with Crippen LogP contribution in [0.1, 0.15) is 38.3 Å². The number of carbonyl (C=O) groups excluding carboxylic acids is 2. The number of benzene rings is 2. The minimum Gasteiger partial charge on any atom is -0.469 e. The Hall–Kier alpha value is -2.12. The van der Waals surface area contributed by atoms with Crippen molar-refractivity contribution in [3.8, 4) is 0 Å². The molecule has 1 heterocycles. The molecule has 0 spiro atoms. The third-order valence-corrected chi connectivity index (χ3v) is 5.93. The van der Waals surface area contributed by atoms with Gasteiger partial charge in [0.2, 0.25) is 0 Å². The molecule has 8 heteroatoms. The fraction of sp³-hybridized carbons (Fsp3) is 0.440. The van der Waals surface area contributed by atoms with Crippen molar-refractivity contribution in [3.05, 3.63) is 70.2 Å². The van der Waals surface area contributed by atoms with E-state index in [4.69, 9.17) is 27.9 Å². The number of aliphatic hydroxyl groups excluding tert-OH is 1. The van der Waals surface area contributed by atoms with Crippen LogP contribution < -0.4 is 0 Å². The van der Waals surface area contributed by atoms with Crippen LogP contribution in [0.4, 0.5) is 0 Å². The second-order valence-electron chi connectivity index (χ2n) is 7.87. The van der Waals surface area contributed by atoms with Gasteiger partial charge in [-0.3, -0.25) is 9.59 Å². The molecule has 0 bridgehead atoms. The van der Waals surface area contributed by atoms with Gasteiger partial charge in [0.15, 0.2) is 0 Å². The van der Waals surface area contributed by atoms with Gasteiger partial charge in [0.05, 0.1) is 32.4 Å². The molecule has 1 aliphatic heterocycles. The van der Waals surface area contributed by atoms with E-state index < -0.39 is 6.10 Å². The highest BCUT2D eigenvalue weighted by atomic mass is 35.5. The van der Waals surface area contributed by atoms with Crippen LogP contribution in [-0.2, 0) is 19.1 Å². The van der Waals surface area contributed by atoms with Gasteiger partial charge in [-0.2, -0.15) is 0 Å². The number of esters is 1. The van der Waals surface area contributed by atoms with Gasteiger partial charge in [-0.15, -0.1) is 0 Å². The van der Waals surface area contributed by atoms with Crippen molar-refractivity contribution in [2.24, 2.45) is 5.92 Å². The molecule has 6 nitrogen and oxygen atoms in total. The van der Waals surface area contributed by atoms with Crippen molar-refractivity contribution in [1.29, 1.82) is 0 Å². The predicted octanol–water partition coefficient (Wildman–Crippen LogP) is 4.92. The Morgan fingerprint density at radius 1 is 1.12 bits per heavy atom. The lowest BCUT2D eigenvalue weighted by molar-refractivity contribution is -0.164. The lowest BCUT2D eigenvalue weighted by Crippen LogP contribution is -2.54. The SMILES string of the molecule is CC1OCC(c2ccc(Cl)cc2)N(C(CO)C2CC2)C1=O.COC(C)=O.Clc1ccccc1. The molecule has 3 unspecified atom stereocenters. The number of halogens is 2. The molecule has 2 fully saturated rings. The first-order valence-corrected chi connectivity index (χ1v) is 11.6. The molecular weight excluding hydrogens is 465 g/mol. The molecule has 3 atom stereocenters. The molecular formula is C25H31Cl2NO5. The van der Waals surface area contributed by atoms with E-state index in [9.17, 15) is 14.7 Å². The fourth-order valence-electron chi connectivity index (χ4n) is 3.45. The summed E-state index contributed by atoms with van der Waals surface area (Å²) in [5.41, 5.74) is 0.999. The molecule has 1 aliphatic carbocycles. The zero-order valence-electron chi connectivity index (χ0n) is 19.1. The molecule has 2 aliphatic rings. The molecule has 0 aromatic heterocycles. The molecule has 4 rings (SSSR count). The molecule has 2 aromatic rings. The van der Waals surface area contributed by atoms with Crippen molar-refractivity contribution < 1.29 is 24.2 Å². The quantitative estimate of drug-likeness (QED) is 0.609. The number of nitrogens with zero attached hydrogens (tertiary/aromatic N) is 1. The summed E-state index contributed by atoms with van der Waals surface area (Å²) in [7, 11) is 1.35. The maximum absolute atomic E-state index is 12.6. The maximum atomic E-state index is 12.6. The zero-order chi connectivity index (χ0) is 24.4. The smallest absolute Gasteiger partial charge is 0.302 e. The fourth-order valence-corrected chi connectivity index (χ4v) is 3.72. The molecule has 1 saturated carbocycles. The molecule has 180 valence electrons. The van der Waals surface area contributed by atoms with Gasteiger partial charge in [-0.25, -0.2) is 0 Å². The predicted molar refractivity (Wildman–Crippen MR) is 129 cm³/mol. The van der Waals surface area contributed by atoms with Crippen LogP contribution in [0.25, 0.3) is 0 Å². The van der Waals surface area contributed by atoms with Crippen LogP contribution in [0.5, 0.6) is 0 Å². The standard InChI is InChI=1S/C16H20ClNO3.C6H5Cl.C3H6O2/c1-10-16(20)18(14(8-19)11-2-3-11)15(9-21-10)12-4-6-13(17)7-5-12;7-6-4-2-1-3-5-6;1-3(4)5-2/h4-7,10-11,14-15,19H,2-3,8-9H2,1H3;1-5H;1-2H3. The highest BCUT2D eigenvalue weighted by Gasteiger charge is 2.44. The third kappa shape index (κ3) is 8.63. The van der Waals surface area contributed by atoms with Crippen molar-refractivity contribution in [3.63, 3.8) is 0 Å². The van der Waals surface area contributed by atoms with E-state index in [1.54, 1.807) is 6.92 Å². The molecule has 1 amide bonds. The van der Waals surface area contributed by atoms with Crippen molar-refractivity contribution in [1.82, 2.24) is 4.90 Å². The number of rotatable bonds is 4. The van der Waals surface area contributed by atoms with Gasteiger partial charge in [-0.05, 0) is 55.5 Å². The van der Waals surface area contributed by atoms with Crippen LogP contribution in [-0.4, -0.2) is 54.4 Å². The first-order chi connectivity index (χ1) is 15.8. The first kappa shape index (κ1) is 27.1. The van der Waals surface area contributed by atoms with E-state index in [1.807, 2.05) is 59.5 Å². The Balaban J connectivity index is 0.000000264. The second kappa shape index (κ2) is 13.6. The molecule has 1 N–H and O–H groups in total. The lowest BCUT2D eigenvalue weighted by atomic mass is 9.99. The van der Waals surface area contributed by atoms with E-state index in [1.165, 1.54) is 14.0 Å². The van der Waals surface area contributed by atoms with E-state index in [0.29, 0.717) is 17.5 Å². The number of amides is 1. The Kier molecular flexibility index (Phi) is 11.1. The largest absolute Gasteiger partial charge is 0.469 e. The maximum Gasteiger partial charge on any atom is 0.302 e. The number of hydrogen-bond donors (Lipinski definition) is 1. The number of methoxy groups -OCH3 is 1. The van der Waals surface area contributed by atoms with E-state index in [0.717, 1.165) is 23.4 Å². The monoisotopic (exact) mass is 495 g/mol. The van der Waals surface area contributed by atoms with Gasteiger partial charge < -0.3 is 19.5 Å². The Bertz CT molecular complexity index is 874. The summed E-state index contributed by atoms with van der Waals surface area (Å²) in [5.74, 6) is 0.135. The van der Waals surface area contributed by atoms with Gasteiger partial charge in [0, 0.05) is 17.0 Å². The summed E-state index contributed by atoms with van der Waals surface area (Å²) in [5, 5.41) is 11.2. The molecule has 33 heavy (non-hydrogen) atoms. The van der Waals surface area contributed by atoms with Gasteiger partial charge in [0.25, 0.3) is 5.91 Å². The lowest BCUT2D eigenvalue weighted by Gasteiger charge is -2.43. The Morgan fingerprint density at radius 2 is 1.67 bits per heavy atom. The summed E-state index contributed by atoms with van der Waals surface area (Å²) in [4.78, 5) is 24.0. The highest BCUT2D eigenvalue weighted by Crippen LogP contribution is 2.40. The van der Waals surface area contributed by atoms with E-state index in [-0.39, 0.29) is 30.6 Å². The molecule has 2 aromatic carbocycles. The number of aliphatic hydroxyl groups is 1.